The van der Waals surface area contributed by atoms with E-state index in [1.54, 1.807) is 0 Å². The summed E-state index contributed by atoms with van der Waals surface area (Å²) < 4.78 is 0. The minimum atomic E-state index is 0.379. The molecule has 0 spiro atoms. The average Bonchev–Trinajstić information content (AvgIpc) is 2.03. The Morgan fingerprint density at radius 3 is 2.31 bits per heavy atom. The zero-order valence-corrected chi connectivity index (χ0v) is 9.27. The number of nitrogens with one attached hydrogen (secondary N) is 1. The molecule has 0 amide bonds. The quantitative estimate of drug-likeness (QED) is 0.686. The van der Waals surface area contributed by atoms with E-state index in [0.29, 0.717) is 11.5 Å². The van der Waals surface area contributed by atoms with Gasteiger partial charge in [-0.2, -0.15) is 0 Å². The molecular formula is C11H24N2. The standard InChI is InChI=1S/C11H24N2/c1-11(2,3)8-10(12)9-4-6-13-7-5-9/h9-10,13H,4-8,12H2,1-3H3. The molecule has 1 rings (SSSR count). The van der Waals surface area contributed by atoms with Crippen LogP contribution in [0.15, 0.2) is 0 Å². The van der Waals surface area contributed by atoms with Gasteiger partial charge in [0.1, 0.15) is 0 Å². The van der Waals surface area contributed by atoms with Gasteiger partial charge in [-0.25, -0.2) is 0 Å². The maximum Gasteiger partial charge on any atom is 0.00730 e. The highest BCUT2D eigenvalue weighted by Gasteiger charge is 2.24. The minimum absolute atomic E-state index is 0.379. The van der Waals surface area contributed by atoms with E-state index >= 15 is 0 Å². The predicted molar refractivity (Wildman–Crippen MR) is 57.6 cm³/mol. The van der Waals surface area contributed by atoms with Crippen molar-refractivity contribution in [2.75, 3.05) is 13.1 Å². The molecule has 1 unspecified atom stereocenters. The fourth-order valence-corrected chi connectivity index (χ4v) is 2.15. The van der Waals surface area contributed by atoms with Crippen LogP contribution in [0, 0.1) is 11.3 Å². The lowest BCUT2D eigenvalue weighted by atomic mass is 9.80. The van der Waals surface area contributed by atoms with Gasteiger partial charge in [0.25, 0.3) is 0 Å². The van der Waals surface area contributed by atoms with Crippen molar-refractivity contribution in [1.82, 2.24) is 5.32 Å². The molecule has 78 valence electrons. The van der Waals surface area contributed by atoms with E-state index in [1.165, 1.54) is 12.8 Å². The molecule has 3 N–H and O–H groups in total. The molecule has 1 saturated heterocycles. The Kier molecular flexibility index (Phi) is 3.74. The molecule has 0 aromatic heterocycles. The van der Waals surface area contributed by atoms with Gasteiger partial charge < -0.3 is 11.1 Å². The summed E-state index contributed by atoms with van der Waals surface area (Å²) in [5.41, 5.74) is 6.59. The first-order valence-corrected chi connectivity index (χ1v) is 5.45. The van der Waals surface area contributed by atoms with E-state index < -0.39 is 0 Å². The van der Waals surface area contributed by atoms with Gasteiger partial charge in [-0.15, -0.1) is 0 Å². The topological polar surface area (TPSA) is 38.0 Å². The first kappa shape index (κ1) is 11.0. The Morgan fingerprint density at radius 2 is 1.85 bits per heavy atom. The summed E-state index contributed by atoms with van der Waals surface area (Å²) >= 11 is 0. The van der Waals surface area contributed by atoms with Gasteiger partial charge in [-0.3, -0.25) is 0 Å². The van der Waals surface area contributed by atoms with E-state index in [2.05, 4.69) is 26.1 Å². The van der Waals surface area contributed by atoms with Crippen LogP contribution in [0.5, 0.6) is 0 Å². The highest BCUT2D eigenvalue weighted by atomic mass is 14.9. The Bertz CT molecular complexity index is 143. The summed E-state index contributed by atoms with van der Waals surface area (Å²) in [4.78, 5) is 0. The molecular weight excluding hydrogens is 160 g/mol. The first-order chi connectivity index (χ1) is 5.99. The van der Waals surface area contributed by atoms with Crippen LogP contribution in [0.1, 0.15) is 40.0 Å². The van der Waals surface area contributed by atoms with Crippen molar-refractivity contribution in [1.29, 1.82) is 0 Å². The van der Waals surface area contributed by atoms with Crippen LogP contribution < -0.4 is 11.1 Å². The van der Waals surface area contributed by atoms with Crippen molar-refractivity contribution in [3.8, 4) is 0 Å². The number of piperidine rings is 1. The summed E-state index contributed by atoms with van der Waals surface area (Å²) in [5.74, 6) is 0.750. The predicted octanol–water partition coefficient (Wildman–Crippen LogP) is 1.75. The molecule has 0 bridgehead atoms. The number of hydrogen-bond donors (Lipinski definition) is 2. The fraction of sp³-hybridized carbons (Fsp3) is 1.00. The smallest absolute Gasteiger partial charge is 0.00730 e. The third kappa shape index (κ3) is 4.10. The van der Waals surface area contributed by atoms with Gasteiger partial charge in [-0.05, 0) is 43.7 Å². The molecule has 1 heterocycles. The maximum atomic E-state index is 6.21. The highest BCUT2D eigenvalue weighted by Crippen LogP contribution is 2.26. The van der Waals surface area contributed by atoms with Crippen LogP contribution in [0.25, 0.3) is 0 Å². The summed E-state index contributed by atoms with van der Waals surface area (Å²) in [7, 11) is 0. The van der Waals surface area contributed by atoms with Crippen molar-refractivity contribution < 1.29 is 0 Å². The van der Waals surface area contributed by atoms with Crippen LogP contribution in [0.2, 0.25) is 0 Å². The molecule has 1 aliphatic rings. The van der Waals surface area contributed by atoms with Crippen molar-refractivity contribution in [3.63, 3.8) is 0 Å². The summed E-state index contributed by atoms with van der Waals surface area (Å²) in [6, 6.07) is 0.405. The highest BCUT2D eigenvalue weighted by molar-refractivity contribution is 4.81. The Hall–Kier alpha value is -0.0800. The lowest BCUT2D eigenvalue weighted by molar-refractivity contribution is 0.245. The van der Waals surface area contributed by atoms with E-state index in [0.717, 1.165) is 25.4 Å². The van der Waals surface area contributed by atoms with E-state index in [4.69, 9.17) is 5.73 Å². The van der Waals surface area contributed by atoms with Crippen LogP contribution >= 0.6 is 0 Å². The molecule has 0 aromatic rings. The van der Waals surface area contributed by atoms with Crippen LogP contribution in [0.3, 0.4) is 0 Å². The Morgan fingerprint density at radius 1 is 1.31 bits per heavy atom. The SMILES string of the molecule is CC(C)(C)CC(N)C1CCNCC1. The van der Waals surface area contributed by atoms with Crippen molar-refractivity contribution in [2.24, 2.45) is 17.1 Å². The van der Waals surface area contributed by atoms with Crippen LogP contribution in [0.4, 0.5) is 0 Å². The van der Waals surface area contributed by atoms with E-state index in [-0.39, 0.29) is 0 Å². The molecule has 2 heteroatoms. The second-order valence-electron chi connectivity index (χ2n) is 5.52. The first-order valence-electron chi connectivity index (χ1n) is 5.45. The summed E-state index contributed by atoms with van der Waals surface area (Å²) in [5, 5.41) is 3.38. The molecule has 1 aliphatic heterocycles. The third-order valence-corrected chi connectivity index (χ3v) is 2.84. The van der Waals surface area contributed by atoms with Gasteiger partial charge in [0.2, 0.25) is 0 Å². The molecule has 1 fully saturated rings. The van der Waals surface area contributed by atoms with Gasteiger partial charge in [0.05, 0.1) is 0 Å². The van der Waals surface area contributed by atoms with E-state index in [9.17, 15) is 0 Å². The largest absolute Gasteiger partial charge is 0.327 e. The lowest BCUT2D eigenvalue weighted by Crippen LogP contribution is -2.40. The number of hydrogen-bond acceptors (Lipinski definition) is 2. The van der Waals surface area contributed by atoms with Crippen molar-refractivity contribution >= 4 is 0 Å². The maximum absolute atomic E-state index is 6.21. The molecule has 0 aliphatic carbocycles. The lowest BCUT2D eigenvalue weighted by Gasteiger charge is -2.32. The van der Waals surface area contributed by atoms with Crippen molar-refractivity contribution in [3.05, 3.63) is 0 Å². The van der Waals surface area contributed by atoms with Gasteiger partial charge in [0.15, 0.2) is 0 Å². The third-order valence-electron chi connectivity index (χ3n) is 2.84. The van der Waals surface area contributed by atoms with Gasteiger partial charge in [-0.1, -0.05) is 20.8 Å². The van der Waals surface area contributed by atoms with Crippen LogP contribution in [-0.4, -0.2) is 19.1 Å². The molecule has 0 aromatic carbocycles. The number of nitrogens with two attached hydrogens (primary N) is 1. The Balaban J connectivity index is 2.33. The van der Waals surface area contributed by atoms with E-state index in [1.807, 2.05) is 0 Å². The summed E-state index contributed by atoms with van der Waals surface area (Å²) in [6.45, 7) is 9.13. The normalized spacial score (nSPS) is 23.1. The van der Waals surface area contributed by atoms with Crippen LogP contribution in [-0.2, 0) is 0 Å². The minimum Gasteiger partial charge on any atom is -0.327 e. The van der Waals surface area contributed by atoms with Gasteiger partial charge >= 0.3 is 0 Å². The molecule has 13 heavy (non-hydrogen) atoms. The second kappa shape index (κ2) is 4.43. The molecule has 0 radical (unpaired) electrons. The number of rotatable bonds is 2. The zero-order chi connectivity index (χ0) is 9.90. The molecule has 1 atom stereocenters. The summed E-state index contributed by atoms with van der Waals surface area (Å²) in [6.07, 6.45) is 3.67. The average molecular weight is 184 g/mol. The monoisotopic (exact) mass is 184 g/mol. The molecule has 2 nitrogen and oxygen atoms in total. The Labute approximate surface area is 82.3 Å². The second-order valence-corrected chi connectivity index (χ2v) is 5.52. The van der Waals surface area contributed by atoms with Crippen molar-refractivity contribution in [2.45, 2.75) is 46.1 Å². The zero-order valence-electron chi connectivity index (χ0n) is 9.27. The van der Waals surface area contributed by atoms with Gasteiger partial charge in [0, 0.05) is 6.04 Å². The fourth-order valence-electron chi connectivity index (χ4n) is 2.15. The molecule has 0 saturated carbocycles.